The van der Waals surface area contributed by atoms with Crippen LogP contribution in [0.25, 0.3) is 0 Å². The molecule has 0 bridgehead atoms. The number of hydrogen-bond acceptors (Lipinski definition) is 2. The quantitative estimate of drug-likeness (QED) is 0.667. The van der Waals surface area contributed by atoms with Crippen LogP contribution in [0.1, 0.15) is 0 Å². The van der Waals surface area contributed by atoms with Crippen LogP contribution in [0, 0.1) is 5.41 Å². The summed E-state index contributed by atoms with van der Waals surface area (Å²) in [6.07, 6.45) is -2.26. The molecule has 0 aliphatic rings. The molecule has 2 aromatic carbocycles. The fourth-order valence-corrected chi connectivity index (χ4v) is 4.27. The van der Waals surface area contributed by atoms with Crippen molar-refractivity contribution in [3.05, 3.63) is 60.7 Å². The van der Waals surface area contributed by atoms with Crippen molar-refractivity contribution < 1.29 is 0 Å². The third-order valence-corrected chi connectivity index (χ3v) is 6.29. The monoisotopic (exact) mass is 258 g/mol. The lowest BCUT2D eigenvalue weighted by Crippen LogP contribution is -2.13. The second-order valence-electron chi connectivity index (χ2n) is 3.46. The van der Waals surface area contributed by atoms with E-state index in [1.54, 1.807) is 0 Å². The van der Waals surface area contributed by atoms with Gasteiger partial charge in [0.1, 0.15) is 6.19 Å². The molecular weight excluding hydrogens is 247 g/mol. The average Bonchev–Trinajstić information content (AvgIpc) is 2.41. The summed E-state index contributed by atoms with van der Waals surface area (Å²) >= 11 is 5.70. The molecule has 2 nitrogen and oxygen atoms in total. The van der Waals surface area contributed by atoms with Crippen LogP contribution in [-0.4, -0.2) is 6.01 Å². The molecule has 2 aromatic rings. The van der Waals surface area contributed by atoms with Crippen molar-refractivity contribution in [2.24, 2.45) is 4.76 Å². The van der Waals surface area contributed by atoms with Gasteiger partial charge in [-0.3, -0.25) is 0 Å². The molecule has 0 fully saturated rings. The topological polar surface area (TPSA) is 36.2 Å². The van der Waals surface area contributed by atoms with Gasteiger partial charge >= 0.3 is 0 Å². The third-order valence-electron chi connectivity index (χ3n) is 2.40. The number of benzene rings is 2. The van der Waals surface area contributed by atoms with Crippen LogP contribution in [0.3, 0.4) is 0 Å². The zero-order chi connectivity index (χ0) is 12.1. The number of nitrogens with zero attached hydrogens (tertiary/aromatic N) is 1. The van der Waals surface area contributed by atoms with Gasteiger partial charge in [-0.2, -0.15) is 4.76 Å². The summed E-state index contributed by atoms with van der Waals surface area (Å²) in [5, 5.41) is 9.08. The zero-order valence-electron chi connectivity index (χ0n) is 9.08. The molecule has 0 radical (unpaired) electrons. The van der Waals surface area contributed by atoms with Crippen LogP contribution in [0.2, 0.25) is 0 Å². The third kappa shape index (κ3) is 2.42. The van der Waals surface area contributed by atoms with E-state index in [0.29, 0.717) is 0 Å². The Labute approximate surface area is 106 Å². The van der Waals surface area contributed by atoms with Crippen molar-refractivity contribution >= 4 is 34.6 Å². The summed E-state index contributed by atoms with van der Waals surface area (Å²) in [5.74, 6) is 0. The largest absolute Gasteiger partial charge is 0.241 e. The first-order valence-corrected chi connectivity index (χ1v) is 7.88. The van der Waals surface area contributed by atoms with Crippen molar-refractivity contribution in [2.45, 2.75) is 0 Å². The molecule has 84 valence electrons. The average molecular weight is 258 g/mol. The first kappa shape index (κ1) is 11.9. The highest BCUT2D eigenvalue weighted by atomic mass is 32.4. The number of nitrogens with one attached hydrogen (secondary N) is 1. The maximum absolute atomic E-state index is 7.10. The SMILES string of the molecule is N=C=NP(=S)(c1ccccc1)c1ccccc1. The first-order chi connectivity index (χ1) is 8.27. The van der Waals surface area contributed by atoms with Gasteiger partial charge in [0.2, 0.25) is 0 Å². The van der Waals surface area contributed by atoms with Crippen LogP contribution >= 0.6 is 6.19 Å². The first-order valence-electron chi connectivity index (χ1n) is 5.12. The van der Waals surface area contributed by atoms with Gasteiger partial charge in [0, 0.05) is 10.6 Å². The Morgan fingerprint density at radius 3 is 1.65 bits per heavy atom. The molecule has 0 aliphatic carbocycles. The summed E-state index contributed by atoms with van der Waals surface area (Å²) in [6.45, 7) is 0. The van der Waals surface area contributed by atoms with Crippen LogP contribution in [0.4, 0.5) is 0 Å². The summed E-state index contributed by atoms with van der Waals surface area (Å²) in [7, 11) is 0. The molecule has 0 saturated heterocycles. The fraction of sp³-hybridized carbons (Fsp3) is 0. The highest BCUT2D eigenvalue weighted by Gasteiger charge is 2.20. The minimum Gasteiger partial charge on any atom is -0.241 e. The lowest BCUT2D eigenvalue weighted by Gasteiger charge is -2.16. The Morgan fingerprint density at radius 2 is 1.29 bits per heavy atom. The summed E-state index contributed by atoms with van der Waals surface area (Å²) in [5.41, 5.74) is 0. The molecule has 0 amide bonds. The molecule has 0 aliphatic heterocycles. The Kier molecular flexibility index (Phi) is 3.65. The van der Waals surface area contributed by atoms with Crippen LogP contribution in [0.5, 0.6) is 0 Å². The van der Waals surface area contributed by atoms with Gasteiger partial charge in [-0.05, 0) is 0 Å². The Morgan fingerprint density at radius 1 is 0.882 bits per heavy atom. The van der Waals surface area contributed by atoms with Gasteiger partial charge in [-0.25, -0.2) is 5.41 Å². The molecule has 0 spiro atoms. The van der Waals surface area contributed by atoms with Gasteiger partial charge in [0.15, 0.2) is 0 Å². The summed E-state index contributed by atoms with van der Waals surface area (Å²) < 4.78 is 4.14. The van der Waals surface area contributed by atoms with E-state index in [2.05, 4.69) is 10.8 Å². The summed E-state index contributed by atoms with van der Waals surface area (Å²) in [4.78, 5) is 0. The Hall–Kier alpha value is -1.53. The summed E-state index contributed by atoms with van der Waals surface area (Å²) in [6, 6.07) is 21.7. The van der Waals surface area contributed by atoms with E-state index in [4.69, 9.17) is 17.2 Å². The second kappa shape index (κ2) is 5.20. The molecule has 4 heteroatoms. The highest BCUT2D eigenvalue weighted by Crippen LogP contribution is 2.44. The van der Waals surface area contributed by atoms with Crippen molar-refractivity contribution in [2.75, 3.05) is 0 Å². The maximum Gasteiger partial charge on any atom is 0.124 e. The van der Waals surface area contributed by atoms with Crippen LogP contribution in [0.15, 0.2) is 65.4 Å². The minimum absolute atomic E-state index is 0.987. The van der Waals surface area contributed by atoms with E-state index in [0.717, 1.165) is 10.6 Å². The molecule has 0 aromatic heterocycles. The number of rotatable bonds is 3. The predicted molar refractivity (Wildman–Crippen MR) is 76.6 cm³/mol. The van der Waals surface area contributed by atoms with Gasteiger partial charge < -0.3 is 0 Å². The minimum atomic E-state index is -2.26. The predicted octanol–water partition coefficient (Wildman–Crippen LogP) is 2.78. The molecular formula is C13H11N2PS. The zero-order valence-corrected chi connectivity index (χ0v) is 10.8. The maximum atomic E-state index is 7.10. The van der Waals surface area contributed by atoms with Crippen molar-refractivity contribution in [3.63, 3.8) is 0 Å². The van der Waals surface area contributed by atoms with E-state index in [1.165, 1.54) is 0 Å². The standard InChI is InChI=1S/C13H11N2PS/c14-11-15-16(17,12-7-3-1-4-8-12)13-9-5-2-6-10-13/h1-10,14H. The van der Waals surface area contributed by atoms with Gasteiger partial charge in [0.25, 0.3) is 0 Å². The molecule has 0 saturated carbocycles. The van der Waals surface area contributed by atoms with Crippen molar-refractivity contribution in [1.82, 2.24) is 0 Å². The van der Waals surface area contributed by atoms with Gasteiger partial charge in [-0.1, -0.05) is 72.5 Å². The highest BCUT2D eigenvalue weighted by molar-refractivity contribution is 8.21. The van der Waals surface area contributed by atoms with Crippen LogP contribution < -0.4 is 10.6 Å². The lowest BCUT2D eigenvalue weighted by atomic mass is 10.4. The van der Waals surface area contributed by atoms with Gasteiger partial charge in [0.05, 0.1) is 6.01 Å². The molecule has 17 heavy (non-hydrogen) atoms. The lowest BCUT2D eigenvalue weighted by molar-refractivity contribution is 1.57. The molecule has 0 heterocycles. The van der Waals surface area contributed by atoms with Crippen LogP contribution in [-0.2, 0) is 11.8 Å². The van der Waals surface area contributed by atoms with Crippen molar-refractivity contribution in [1.29, 1.82) is 5.41 Å². The van der Waals surface area contributed by atoms with E-state index in [1.807, 2.05) is 60.7 Å². The molecule has 1 N–H and O–H groups in total. The smallest absolute Gasteiger partial charge is 0.124 e. The van der Waals surface area contributed by atoms with Crippen molar-refractivity contribution in [3.8, 4) is 0 Å². The molecule has 0 atom stereocenters. The number of hydrogen-bond donors (Lipinski definition) is 1. The second-order valence-corrected chi connectivity index (χ2v) is 7.43. The Bertz CT molecular complexity index is 546. The van der Waals surface area contributed by atoms with E-state index in [9.17, 15) is 0 Å². The normalized spacial score (nSPS) is 10.6. The van der Waals surface area contributed by atoms with E-state index < -0.39 is 6.19 Å². The molecule has 0 unspecified atom stereocenters. The van der Waals surface area contributed by atoms with E-state index in [-0.39, 0.29) is 0 Å². The molecule has 2 rings (SSSR count). The Balaban J connectivity index is 2.64. The van der Waals surface area contributed by atoms with Gasteiger partial charge in [-0.15, -0.1) is 0 Å². The van der Waals surface area contributed by atoms with E-state index >= 15 is 0 Å². The fourth-order valence-electron chi connectivity index (χ4n) is 1.60.